The number of carbonyl (C=O) groups excluding carboxylic acids is 1. The number of benzene rings is 2. The van der Waals surface area contributed by atoms with Crippen LogP contribution in [0, 0.1) is 6.92 Å². The highest BCUT2D eigenvalue weighted by molar-refractivity contribution is 6.30. The highest BCUT2D eigenvalue weighted by Crippen LogP contribution is 2.18. The molecule has 2 aromatic carbocycles. The quantitative estimate of drug-likeness (QED) is 0.682. The molecule has 0 unspecified atom stereocenters. The molecule has 1 amide bonds. The number of carbonyl (C=O) groups is 1. The van der Waals surface area contributed by atoms with Crippen molar-refractivity contribution >= 4 is 34.7 Å². The molecule has 1 heterocycles. The Balaban J connectivity index is 1.51. The van der Waals surface area contributed by atoms with Gasteiger partial charge in [0.25, 0.3) is 5.91 Å². The largest absolute Gasteiger partial charge is 0.484 e. The van der Waals surface area contributed by atoms with Crippen molar-refractivity contribution < 1.29 is 9.53 Å². The summed E-state index contributed by atoms with van der Waals surface area (Å²) < 4.78 is 5.41. The fraction of sp³-hybridized carbons (Fsp3) is 0.105. The van der Waals surface area contributed by atoms with Crippen molar-refractivity contribution in [2.24, 2.45) is 0 Å². The molecule has 3 rings (SSSR count). The van der Waals surface area contributed by atoms with Crippen LogP contribution in [0.1, 0.15) is 5.69 Å². The molecule has 2 N–H and O–H groups in total. The molecule has 6 nitrogen and oxygen atoms in total. The van der Waals surface area contributed by atoms with Crippen LogP contribution in [0.25, 0.3) is 0 Å². The molecule has 0 saturated carbocycles. The Bertz CT molecular complexity index is 883. The zero-order valence-corrected chi connectivity index (χ0v) is 14.8. The van der Waals surface area contributed by atoms with E-state index >= 15 is 0 Å². The number of halogens is 1. The highest BCUT2D eigenvalue weighted by atomic mass is 35.5. The second-order valence-electron chi connectivity index (χ2n) is 5.54. The summed E-state index contributed by atoms with van der Waals surface area (Å²) in [4.78, 5) is 20.2. The van der Waals surface area contributed by atoms with Crippen LogP contribution in [0.2, 0.25) is 5.02 Å². The summed E-state index contributed by atoms with van der Waals surface area (Å²) in [5.41, 5.74) is 2.42. The lowest BCUT2D eigenvalue weighted by molar-refractivity contribution is -0.118. The van der Waals surface area contributed by atoms with Crippen molar-refractivity contribution in [2.75, 3.05) is 17.2 Å². The average Bonchev–Trinajstić information content (AvgIpc) is 2.63. The molecule has 0 bridgehead atoms. The van der Waals surface area contributed by atoms with Crippen molar-refractivity contribution in [1.29, 1.82) is 0 Å². The van der Waals surface area contributed by atoms with Gasteiger partial charge in [-0.2, -0.15) is 0 Å². The topological polar surface area (TPSA) is 76.1 Å². The van der Waals surface area contributed by atoms with Crippen LogP contribution in [0.4, 0.5) is 17.2 Å². The summed E-state index contributed by atoms with van der Waals surface area (Å²) in [7, 11) is 0. The van der Waals surface area contributed by atoms with E-state index in [-0.39, 0.29) is 12.5 Å². The number of nitrogens with zero attached hydrogens (tertiary/aromatic N) is 2. The summed E-state index contributed by atoms with van der Waals surface area (Å²) in [5, 5.41) is 6.58. The van der Waals surface area contributed by atoms with Crippen molar-refractivity contribution in [1.82, 2.24) is 9.97 Å². The van der Waals surface area contributed by atoms with Crippen LogP contribution in [-0.2, 0) is 4.79 Å². The predicted molar refractivity (Wildman–Crippen MR) is 102 cm³/mol. The Labute approximate surface area is 156 Å². The van der Waals surface area contributed by atoms with Gasteiger partial charge in [-0.1, -0.05) is 11.6 Å². The first-order valence-corrected chi connectivity index (χ1v) is 8.30. The van der Waals surface area contributed by atoms with Crippen LogP contribution in [0.3, 0.4) is 0 Å². The van der Waals surface area contributed by atoms with Crippen LogP contribution in [0.15, 0.2) is 60.9 Å². The zero-order valence-electron chi connectivity index (χ0n) is 14.1. The van der Waals surface area contributed by atoms with Crippen molar-refractivity contribution in [3.05, 3.63) is 71.6 Å². The number of ether oxygens (including phenoxy) is 1. The monoisotopic (exact) mass is 368 g/mol. The van der Waals surface area contributed by atoms with E-state index in [0.29, 0.717) is 22.3 Å². The van der Waals surface area contributed by atoms with Gasteiger partial charge in [0.05, 0.1) is 0 Å². The fourth-order valence-corrected chi connectivity index (χ4v) is 2.31. The molecule has 0 aliphatic heterocycles. The number of hydrogen-bond acceptors (Lipinski definition) is 5. The minimum Gasteiger partial charge on any atom is -0.484 e. The summed E-state index contributed by atoms with van der Waals surface area (Å²) in [6, 6.07) is 16.0. The lowest BCUT2D eigenvalue weighted by atomic mass is 10.2. The molecule has 26 heavy (non-hydrogen) atoms. The zero-order chi connectivity index (χ0) is 18.4. The van der Waals surface area contributed by atoms with E-state index in [9.17, 15) is 4.79 Å². The van der Waals surface area contributed by atoms with Gasteiger partial charge >= 0.3 is 0 Å². The number of aromatic nitrogens is 2. The molecule has 0 spiro atoms. The van der Waals surface area contributed by atoms with Crippen molar-refractivity contribution in [3.8, 4) is 5.75 Å². The molecule has 7 heteroatoms. The molecule has 0 aliphatic rings. The molecule has 3 aromatic rings. The van der Waals surface area contributed by atoms with E-state index in [1.54, 1.807) is 36.4 Å². The molecular weight excluding hydrogens is 352 g/mol. The lowest BCUT2D eigenvalue weighted by Crippen LogP contribution is -2.20. The predicted octanol–water partition coefficient (Wildman–Crippen LogP) is 4.20. The Morgan fingerprint density at radius 1 is 1.04 bits per heavy atom. The summed E-state index contributed by atoms with van der Waals surface area (Å²) in [6.07, 6.45) is 1.51. The van der Waals surface area contributed by atoms with Gasteiger partial charge in [0.2, 0.25) is 0 Å². The minimum absolute atomic E-state index is 0.0815. The number of nitrogens with one attached hydrogen (secondary N) is 2. The van der Waals surface area contributed by atoms with Crippen LogP contribution in [0.5, 0.6) is 5.75 Å². The van der Waals surface area contributed by atoms with Gasteiger partial charge in [0.1, 0.15) is 17.9 Å². The molecule has 0 aliphatic carbocycles. The maximum absolute atomic E-state index is 12.0. The number of anilines is 3. The molecule has 0 saturated heterocycles. The first kappa shape index (κ1) is 17.7. The van der Waals surface area contributed by atoms with E-state index in [1.807, 2.05) is 25.1 Å². The Morgan fingerprint density at radius 3 is 2.42 bits per heavy atom. The van der Waals surface area contributed by atoms with Gasteiger partial charge in [0.15, 0.2) is 6.61 Å². The molecule has 0 fully saturated rings. The highest BCUT2D eigenvalue weighted by Gasteiger charge is 2.04. The van der Waals surface area contributed by atoms with Crippen LogP contribution >= 0.6 is 11.6 Å². The third-order valence-corrected chi connectivity index (χ3v) is 3.68. The first-order chi connectivity index (χ1) is 12.6. The Hall–Kier alpha value is -3.12. The molecular formula is C19H17ClN4O2. The third-order valence-electron chi connectivity index (χ3n) is 3.43. The maximum atomic E-state index is 12.0. The van der Waals surface area contributed by atoms with Gasteiger partial charge in [0, 0.05) is 28.2 Å². The van der Waals surface area contributed by atoms with Crippen molar-refractivity contribution in [2.45, 2.75) is 6.92 Å². The van der Waals surface area contributed by atoms with Gasteiger partial charge in [-0.15, -0.1) is 0 Å². The second kappa shape index (κ2) is 8.31. The fourth-order valence-electron chi connectivity index (χ4n) is 2.18. The van der Waals surface area contributed by atoms with Gasteiger partial charge < -0.3 is 15.4 Å². The molecule has 132 valence electrons. The second-order valence-corrected chi connectivity index (χ2v) is 5.97. The Kier molecular flexibility index (Phi) is 5.66. The van der Waals surface area contributed by atoms with Crippen LogP contribution in [-0.4, -0.2) is 22.5 Å². The minimum atomic E-state index is -0.243. The van der Waals surface area contributed by atoms with Gasteiger partial charge in [-0.3, -0.25) is 4.79 Å². The number of aryl methyl sites for hydroxylation is 1. The van der Waals surface area contributed by atoms with Crippen molar-refractivity contribution in [3.63, 3.8) is 0 Å². The van der Waals surface area contributed by atoms with Crippen LogP contribution < -0.4 is 15.4 Å². The summed E-state index contributed by atoms with van der Waals surface area (Å²) >= 11 is 5.81. The number of rotatable bonds is 6. The third kappa shape index (κ3) is 5.19. The summed E-state index contributed by atoms with van der Waals surface area (Å²) in [5.74, 6) is 1.06. The first-order valence-electron chi connectivity index (χ1n) is 7.92. The molecule has 1 aromatic heterocycles. The smallest absolute Gasteiger partial charge is 0.262 e. The summed E-state index contributed by atoms with van der Waals surface area (Å²) in [6.45, 7) is 1.82. The normalized spacial score (nSPS) is 10.2. The van der Waals surface area contributed by atoms with Gasteiger partial charge in [-0.05, 0) is 55.5 Å². The van der Waals surface area contributed by atoms with E-state index in [2.05, 4.69) is 20.6 Å². The average molecular weight is 369 g/mol. The molecule has 0 radical (unpaired) electrons. The van der Waals surface area contributed by atoms with E-state index in [1.165, 1.54) is 6.33 Å². The SMILES string of the molecule is Cc1cc(Nc2ccc(NC(=O)COc3ccc(Cl)cc3)cc2)ncn1. The number of amides is 1. The molecule has 0 atom stereocenters. The van der Waals surface area contributed by atoms with E-state index < -0.39 is 0 Å². The Morgan fingerprint density at radius 2 is 1.73 bits per heavy atom. The van der Waals surface area contributed by atoms with E-state index in [4.69, 9.17) is 16.3 Å². The van der Waals surface area contributed by atoms with Gasteiger partial charge in [-0.25, -0.2) is 9.97 Å². The number of hydrogen-bond donors (Lipinski definition) is 2. The van der Waals surface area contributed by atoms with E-state index in [0.717, 1.165) is 11.4 Å². The standard InChI is InChI=1S/C19H17ClN4O2/c1-13-10-18(22-12-21-13)23-15-4-6-16(7-5-15)24-19(25)11-26-17-8-2-14(20)3-9-17/h2-10,12H,11H2,1H3,(H,24,25)(H,21,22,23). The lowest BCUT2D eigenvalue weighted by Gasteiger charge is -2.09. The maximum Gasteiger partial charge on any atom is 0.262 e.